The van der Waals surface area contributed by atoms with E-state index in [1.54, 1.807) is 0 Å². The largest absolute Gasteiger partial charge is 0.357 e. The molecule has 1 aliphatic heterocycles. The van der Waals surface area contributed by atoms with E-state index in [1.165, 1.54) is 11.1 Å². The first-order valence-corrected chi connectivity index (χ1v) is 6.36. The third-order valence-corrected chi connectivity index (χ3v) is 2.72. The van der Waals surface area contributed by atoms with Crippen LogP contribution in [0.15, 0.2) is 102 Å². The van der Waals surface area contributed by atoms with Crippen LogP contribution in [-0.2, 0) is 17.1 Å². The van der Waals surface area contributed by atoms with Crippen LogP contribution in [0.4, 0.5) is 0 Å². The average molecular weight is 304 g/mol. The maximum Gasteiger partial charge on any atom is 0.0106 e. The van der Waals surface area contributed by atoms with Gasteiger partial charge >= 0.3 is 0 Å². The van der Waals surface area contributed by atoms with Gasteiger partial charge in [-0.3, -0.25) is 0 Å². The summed E-state index contributed by atoms with van der Waals surface area (Å²) in [6.45, 7) is 0. The van der Waals surface area contributed by atoms with Crippen molar-refractivity contribution < 1.29 is 17.1 Å². The van der Waals surface area contributed by atoms with Crippen LogP contribution in [0.1, 0.15) is 0 Å². The maximum absolute atomic E-state index is 2.12. The van der Waals surface area contributed by atoms with Crippen LogP contribution in [0.2, 0.25) is 0 Å². The molecule has 0 fully saturated rings. The fraction of sp³-hybridized carbons (Fsp3) is 0.0556. The van der Waals surface area contributed by atoms with Gasteiger partial charge in [0.05, 0.1) is 0 Å². The van der Waals surface area contributed by atoms with Crippen molar-refractivity contribution in [1.29, 1.82) is 0 Å². The zero-order valence-electron chi connectivity index (χ0n) is 11.5. The van der Waals surface area contributed by atoms with Crippen molar-refractivity contribution in [3.05, 3.63) is 102 Å². The molecule has 0 saturated carbocycles. The Morgan fingerprint density at radius 3 is 1.80 bits per heavy atom. The third kappa shape index (κ3) is 5.83. The Hall–Kier alpha value is -1.89. The van der Waals surface area contributed by atoms with Gasteiger partial charge in [-0.1, -0.05) is 36.5 Å². The smallest absolute Gasteiger partial charge is 0.0106 e. The fourth-order valence-corrected chi connectivity index (χ4v) is 1.64. The number of hydrogen-bond acceptors (Lipinski definition) is 1. The first kappa shape index (κ1) is 16.2. The van der Waals surface area contributed by atoms with Gasteiger partial charge in [0, 0.05) is 36.5 Å². The second-order valence-corrected chi connectivity index (χ2v) is 4.31. The number of allylic oxidation sites excluding steroid dienone is 10. The molecule has 0 N–H and O–H groups in total. The van der Waals surface area contributed by atoms with Crippen molar-refractivity contribution in [2.75, 3.05) is 7.05 Å². The van der Waals surface area contributed by atoms with Gasteiger partial charge in [-0.15, -0.1) is 0 Å². The van der Waals surface area contributed by atoms with E-state index < -0.39 is 0 Å². The van der Waals surface area contributed by atoms with E-state index in [0.29, 0.717) is 0 Å². The van der Waals surface area contributed by atoms with E-state index >= 15 is 0 Å². The van der Waals surface area contributed by atoms with Crippen LogP contribution in [0.5, 0.6) is 0 Å². The molecular weight excluding hydrogens is 286 g/mol. The first-order valence-electron chi connectivity index (χ1n) is 6.36. The van der Waals surface area contributed by atoms with Gasteiger partial charge in [0.15, 0.2) is 0 Å². The van der Waals surface area contributed by atoms with Crippen molar-refractivity contribution in [2.24, 2.45) is 0 Å². The molecule has 1 nitrogen and oxygen atoms in total. The standard InChI is InChI=1S/C13H13N.C5H5.Fe/c1-14-10-8-13(9-11-14)7-6-12-4-2-3-5-12;1-2-4-5-3-1;/h2-11H,1H3;1-5H;/q;-1;. The monoisotopic (exact) mass is 304 g/mol. The summed E-state index contributed by atoms with van der Waals surface area (Å²) in [4.78, 5) is 2.03. The summed E-state index contributed by atoms with van der Waals surface area (Å²) >= 11 is 0. The summed E-state index contributed by atoms with van der Waals surface area (Å²) in [6, 6.07) is 10.0. The van der Waals surface area contributed by atoms with Crippen LogP contribution in [0.25, 0.3) is 0 Å². The van der Waals surface area contributed by atoms with Crippen LogP contribution >= 0.6 is 0 Å². The summed E-state index contributed by atoms with van der Waals surface area (Å²) in [5.74, 6) is 0. The molecule has 0 spiro atoms. The van der Waals surface area contributed by atoms with Gasteiger partial charge in [-0.2, -0.15) is 18.2 Å². The molecule has 2 heteroatoms. The normalized spacial score (nSPS) is 14.8. The van der Waals surface area contributed by atoms with E-state index in [1.807, 2.05) is 66.8 Å². The molecule has 0 radical (unpaired) electrons. The molecular formula is C18H18FeN-. The van der Waals surface area contributed by atoms with Gasteiger partial charge in [0.2, 0.25) is 0 Å². The van der Waals surface area contributed by atoms with Gasteiger partial charge in [0.1, 0.15) is 0 Å². The fourth-order valence-electron chi connectivity index (χ4n) is 1.64. The molecule has 1 heterocycles. The van der Waals surface area contributed by atoms with Crippen molar-refractivity contribution in [3.63, 3.8) is 0 Å². The second-order valence-electron chi connectivity index (χ2n) is 4.31. The summed E-state index contributed by atoms with van der Waals surface area (Å²) < 4.78 is 0. The first-order chi connectivity index (χ1) is 9.34. The molecule has 0 aromatic heterocycles. The number of hydrogen-bond donors (Lipinski definition) is 0. The third-order valence-electron chi connectivity index (χ3n) is 2.72. The number of nitrogens with zero attached hydrogens (tertiary/aromatic N) is 1. The SMILES string of the molecule is CN1C=CC(=CC=C2C=CC=C2)C=C1.[Fe].c1cc[cH-]c1. The zero-order chi connectivity index (χ0) is 13.3. The molecule has 1 aliphatic carbocycles. The van der Waals surface area contributed by atoms with Gasteiger partial charge < -0.3 is 4.90 Å². The zero-order valence-corrected chi connectivity index (χ0v) is 12.6. The summed E-state index contributed by atoms with van der Waals surface area (Å²) in [5, 5.41) is 0. The van der Waals surface area contributed by atoms with Gasteiger partial charge in [-0.05, 0) is 23.3 Å². The Kier molecular flexibility index (Phi) is 7.34. The molecule has 3 rings (SSSR count). The van der Waals surface area contributed by atoms with E-state index in [9.17, 15) is 0 Å². The van der Waals surface area contributed by atoms with E-state index in [-0.39, 0.29) is 17.1 Å². The molecule has 0 bridgehead atoms. The molecule has 1 aromatic rings. The Morgan fingerprint density at radius 1 is 0.850 bits per heavy atom. The van der Waals surface area contributed by atoms with Gasteiger partial charge in [-0.25, -0.2) is 12.1 Å². The summed E-state index contributed by atoms with van der Waals surface area (Å²) in [5.41, 5.74) is 2.47. The predicted octanol–water partition coefficient (Wildman–Crippen LogP) is 4.34. The molecule has 104 valence electrons. The molecule has 20 heavy (non-hydrogen) atoms. The maximum atomic E-state index is 2.12. The molecule has 0 unspecified atom stereocenters. The molecule has 0 saturated heterocycles. The van der Waals surface area contributed by atoms with E-state index in [0.717, 1.165) is 0 Å². The topological polar surface area (TPSA) is 3.24 Å². The minimum Gasteiger partial charge on any atom is -0.357 e. The van der Waals surface area contributed by atoms with E-state index in [4.69, 9.17) is 0 Å². The molecule has 2 aliphatic rings. The van der Waals surface area contributed by atoms with Crippen LogP contribution in [0.3, 0.4) is 0 Å². The van der Waals surface area contributed by atoms with Crippen LogP contribution in [-0.4, -0.2) is 11.9 Å². The Balaban J connectivity index is 0.000000283. The number of rotatable bonds is 1. The Morgan fingerprint density at radius 2 is 1.35 bits per heavy atom. The second kappa shape index (κ2) is 9.08. The molecule has 1 aromatic carbocycles. The average Bonchev–Trinajstić information content (AvgIpc) is 3.14. The van der Waals surface area contributed by atoms with Crippen molar-refractivity contribution >= 4 is 0 Å². The van der Waals surface area contributed by atoms with Gasteiger partial charge in [0.25, 0.3) is 0 Å². The Labute approximate surface area is 131 Å². The van der Waals surface area contributed by atoms with Crippen molar-refractivity contribution in [1.82, 2.24) is 4.90 Å². The summed E-state index contributed by atoms with van der Waals surface area (Å²) in [6.07, 6.45) is 20.8. The van der Waals surface area contributed by atoms with Crippen molar-refractivity contribution in [3.8, 4) is 0 Å². The Bertz CT molecular complexity index is 507. The van der Waals surface area contributed by atoms with Crippen molar-refractivity contribution in [2.45, 2.75) is 0 Å². The minimum absolute atomic E-state index is 0. The predicted molar refractivity (Wildman–Crippen MR) is 82.5 cm³/mol. The molecule has 0 atom stereocenters. The molecule has 0 amide bonds. The van der Waals surface area contributed by atoms with Crippen LogP contribution < -0.4 is 0 Å². The minimum atomic E-state index is 0. The van der Waals surface area contributed by atoms with Crippen LogP contribution in [0, 0.1) is 0 Å². The van der Waals surface area contributed by atoms with E-state index in [2.05, 4.69) is 36.5 Å². The quantitative estimate of drug-likeness (QED) is 0.551. The summed E-state index contributed by atoms with van der Waals surface area (Å²) in [7, 11) is 2.02.